The monoisotopic (exact) mass is 312 g/mol. The molecule has 3 aliphatic rings. The van der Waals surface area contributed by atoms with Gasteiger partial charge in [0.1, 0.15) is 18.3 Å². The number of aliphatic hydroxyl groups is 2. The summed E-state index contributed by atoms with van der Waals surface area (Å²) < 4.78 is 10.5. The first-order valence-electron chi connectivity index (χ1n) is 6.31. The lowest BCUT2D eigenvalue weighted by Crippen LogP contribution is -2.53. The molecule has 118 valence electrons. The number of methoxy groups -OCH3 is 1. The summed E-state index contributed by atoms with van der Waals surface area (Å²) >= 11 is 0. The third-order valence-electron chi connectivity index (χ3n) is 3.52. The van der Waals surface area contributed by atoms with E-state index < -0.39 is 49.1 Å². The number of aliphatic imine (C=N–C) groups is 2. The molecule has 5 amide bonds. The van der Waals surface area contributed by atoms with E-state index in [4.69, 9.17) is 9.47 Å². The minimum absolute atomic E-state index is 0.267. The number of urea groups is 2. The zero-order valence-electron chi connectivity index (χ0n) is 11.3. The third-order valence-corrected chi connectivity index (χ3v) is 3.52. The number of ether oxygens (including phenoxy) is 2. The van der Waals surface area contributed by atoms with Gasteiger partial charge in [-0.3, -0.25) is 10.1 Å². The number of fused-ring (bicyclic) bond motifs is 1. The number of amides is 5. The fraction of sp³-hybridized carbons (Fsp3) is 0.545. The van der Waals surface area contributed by atoms with Crippen molar-refractivity contribution >= 4 is 29.5 Å². The molecule has 3 aliphatic heterocycles. The molecule has 1 saturated heterocycles. The van der Waals surface area contributed by atoms with Gasteiger partial charge in [0, 0.05) is 7.11 Å². The van der Waals surface area contributed by atoms with Gasteiger partial charge in [0.25, 0.3) is 5.91 Å². The van der Waals surface area contributed by atoms with Crippen LogP contribution < -0.4 is 5.32 Å². The molecule has 0 spiro atoms. The molecule has 1 fully saturated rings. The Bertz CT molecular complexity index is 616. The van der Waals surface area contributed by atoms with E-state index in [0.717, 1.165) is 4.90 Å². The molecule has 0 aliphatic carbocycles. The van der Waals surface area contributed by atoms with Crippen LogP contribution in [0, 0.1) is 0 Å². The van der Waals surface area contributed by atoms with Gasteiger partial charge in [0.15, 0.2) is 17.8 Å². The summed E-state index contributed by atoms with van der Waals surface area (Å²) in [6.45, 7) is -0.501. The van der Waals surface area contributed by atoms with Crippen LogP contribution in [0.2, 0.25) is 0 Å². The molecule has 0 aromatic heterocycles. The largest absolute Gasteiger partial charge is 0.394 e. The number of aliphatic hydroxyl groups excluding tert-OH is 2. The van der Waals surface area contributed by atoms with E-state index in [-0.39, 0.29) is 11.5 Å². The summed E-state index contributed by atoms with van der Waals surface area (Å²) in [5, 5.41) is 21.1. The molecule has 0 aromatic carbocycles. The molecule has 0 bridgehead atoms. The number of carbonyl (C=O) groups is 3. The molecule has 4 atom stereocenters. The van der Waals surface area contributed by atoms with Crippen LogP contribution in [0.3, 0.4) is 0 Å². The van der Waals surface area contributed by atoms with E-state index >= 15 is 0 Å². The van der Waals surface area contributed by atoms with E-state index in [1.807, 2.05) is 5.32 Å². The predicted octanol–water partition coefficient (Wildman–Crippen LogP) is -2.40. The minimum Gasteiger partial charge on any atom is -0.394 e. The Morgan fingerprint density at radius 1 is 1.36 bits per heavy atom. The van der Waals surface area contributed by atoms with Crippen molar-refractivity contribution in [2.24, 2.45) is 9.98 Å². The van der Waals surface area contributed by atoms with E-state index in [1.165, 1.54) is 7.11 Å². The van der Waals surface area contributed by atoms with Crippen molar-refractivity contribution in [1.82, 2.24) is 10.2 Å². The van der Waals surface area contributed by atoms with Crippen LogP contribution in [0.25, 0.3) is 0 Å². The molecule has 0 saturated carbocycles. The summed E-state index contributed by atoms with van der Waals surface area (Å²) in [6, 6.07) is -1.82. The molecule has 22 heavy (non-hydrogen) atoms. The fourth-order valence-electron chi connectivity index (χ4n) is 2.51. The Kier molecular flexibility index (Phi) is 3.48. The van der Waals surface area contributed by atoms with Crippen LogP contribution in [0.4, 0.5) is 9.59 Å². The zero-order chi connectivity index (χ0) is 16.0. The molecule has 0 aromatic rings. The number of imide groups is 1. The molecule has 3 rings (SSSR count). The maximum absolute atomic E-state index is 12.0. The number of nitrogens with one attached hydrogen (secondary N) is 1. The Morgan fingerprint density at radius 2 is 2.09 bits per heavy atom. The lowest BCUT2D eigenvalue weighted by atomic mass is 10.1. The van der Waals surface area contributed by atoms with Crippen LogP contribution in [0.5, 0.6) is 0 Å². The SMILES string of the molecule is CO[C@@H]1[C@H](O)[C@@H](CO)O[C@H]1N1C(=O)N=C2C(=O)NC(=O)N=C21. The Hall–Kier alpha value is -2.21. The van der Waals surface area contributed by atoms with Crippen LogP contribution in [0.15, 0.2) is 9.98 Å². The first kappa shape index (κ1) is 14.7. The molecule has 11 nitrogen and oxygen atoms in total. The average Bonchev–Trinajstić information content (AvgIpc) is 2.95. The number of rotatable bonds is 3. The Labute approximate surface area is 123 Å². The van der Waals surface area contributed by atoms with Crippen molar-refractivity contribution in [2.45, 2.75) is 24.5 Å². The van der Waals surface area contributed by atoms with Gasteiger partial charge in [-0.2, -0.15) is 9.98 Å². The molecule has 3 heterocycles. The summed E-state index contributed by atoms with van der Waals surface area (Å²) in [7, 11) is 1.28. The van der Waals surface area contributed by atoms with E-state index in [1.54, 1.807) is 0 Å². The molecule has 0 unspecified atom stereocenters. The summed E-state index contributed by atoms with van der Waals surface area (Å²) in [6.07, 6.45) is -4.37. The second-order valence-electron chi connectivity index (χ2n) is 4.75. The molecule has 3 N–H and O–H groups in total. The van der Waals surface area contributed by atoms with Crippen LogP contribution in [-0.4, -0.2) is 82.9 Å². The maximum Gasteiger partial charge on any atom is 0.352 e. The van der Waals surface area contributed by atoms with Crippen molar-refractivity contribution in [1.29, 1.82) is 0 Å². The van der Waals surface area contributed by atoms with Gasteiger partial charge in [-0.05, 0) is 0 Å². The quantitative estimate of drug-likeness (QED) is 0.526. The molecule has 11 heteroatoms. The van der Waals surface area contributed by atoms with E-state index in [2.05, 4.69) is 9.98 Å². The van der Waals surface area contributed by atoms with E-state index in [9.17, 15) is 24.6 Å². The third kappa shape index (κ3) is 2.02. The second kappa shape index (κ2) is 5.21. The van der Waals surface area contributed by atoms with Crippen molar-refractivity contribution in [2.75, 3.05) is 13.7 Å². The first-order valence-corrected chi connectivity index (χ1v) is 6.31. The van der Waals surface area contributed by atoms with Crippen LogP contribution in [0.1, 0.15) is 0 Å². The van der Waals surface area contributed by atoms with E-state index in [0.29, 0.717) is 0 Å². The number of nitrogens with zero attached hydrogens (tertiary/aromatic N) is 3. The highest BCUT2D eigenvalue weighted by Gasteiger charge is 2.53. The van der Waals surface area contributed by atoms with Gasteiger partial charge in [-0.1, -0.05) is 0 Å². The average molecular weight is 312 g/mol. The second-order valence-corrected chi connectivity index (χ2v) is 4.75. The number of hydrogen-bond donors (Lipinski definition) is 3. The number of hydrogen-bond acceptors (Lipinski definition) is 7. The molecular weight excluding hydrogens is 300 g/mol. The van der Waals surface area contributed by atoms with Crippen molar-refractivity contribution in [3.8, 4) is 0 Å². The zero-order valence-corrected chi connectivity index (χ0v) is 11.3. The lowest BCUT2D eigenvalue weighted by Gasteiger charge is -2.27. The van der Waals surface area contributed by atoms with Crippen LogP contribution >= 0.6 is 0 Å². The lowest BCUT2D eigenvalue weighted by molar-refractivity contribution is -0.113. The van der Waals surface area contributed by atoms with Gasteiger partial charge >= 0.3 is 12.1 Å². The minimum atomic E-state index is -1.20. The van der Waals surface area contributed by atoms with Gasteiger partial charge < -0.3 is 19.7 Å². The fourth-order valence-corrected chi connectivity index (χ4v) is 2.51. The highest BCUT2D eigenvalue weighted by Crippen LogP contribution is 2.29. The molecular formula is C11H12N4O7. The van der Waals surface area contributed by atoms with Crippen LogP contribution in [-0.2, 0) is 14.3 Å². The molecule has 0 radical (unpaired) electrons. The standard InChI is InChI=1S/C11H12N4O7/c1-21-6-5(17)3(2-16)22-9(6)15-7-4(12-11(15)20)8(18)14-10(19)13-7/h3,5-6,9,16-17H,2H2,1H3,(H,14,18,19)/t3-,5-,6-,9-/m1/s1. The highest BCUT2D eigenvalue weighted by molar-refractivity contribution is 6.72. The normalized spacial score (nSPS) is 34.5. The predicted molar refractivity (Wildman–Crippen MR) is 68.2 cm³/mol. The number of carbonyl (C=O) groups excluding carboxylic acids is 3. The Balaban J connectivity index is 1.97. The van der Waals surface area contributed by atoms with Gasteiger partial charge in [0.2, 0.25) is 0 Å². The smallest absolute Gasteiger partial charge is 0.352 e. The first-order chi connectivity index (χ1) is 10.5. The van der Waals surface area contributed by atoms with Gasteiger partial charge in [0.05, 0.1) is 6.61 Å². The number of amidine groups is 1. The Morgan fingerprint density at radius 3 is 2.73 bits per heavy atom. The van der Waals surface area contributed by atoms with Gasteiger partial charge in [-0.15, -0.1) is 0 Å². The highest BCUT2D eigenvalue weighted by atomic mass is 16.6. The van der Waals surface area contributed by atoms with Crippen molar-refractivity contribution in [3.05, 3.63) is 0 Å². The summed E-state index contributed by atoms with van der Waals surface area (Å²) in [5.41, 5.74) is -0.315. The van der Waals surface area contributed by atoms with Crippen molar-refractivity contribution < 1.29 is 34.1 Å². The van der Waals surface area contributed by atoms with Gasteiger partial charge in [-0.25, -0.2) is 14.5 Å². The van der Waals surface area contributed by atoms with Crippen molar-refractivity contribution in [3.63, 3.8) is 0 Å². The maximum atomic E-state index is 12.0. The summed E-state index contributed by atoms with van der Waals surface area (Å²) in [4.78, 5) is 43.0. The summed E-state index contributed by atoms with van der Waals surface area (Å²) in [5.74, 6) is -1.12. The topological polar surface area (TPSA) is 150 Å².